The summed E-state index contributed by atoms with van der Waals surface area (Å²) in [6.45, 7) is 4.42. The number of rotatable bonds is 6. The van der Waals surface area contributed by atoms with Crippen LogP contribution in [0.15, 0.2) is 18.5 Å². The van der Waals surface area contributed by atoms with Crippen molar-refractivity contribution in [3.8, 4) is 0 Å². The second-order valence-electron chi connectivity index (χ2n) is 4.65. The first kappa shape index (κ1) is 14.0. The van der Waals surface area contributed by atoms with Gasteiger partial charge in [0.25, 0.3) is 0 Å². The summed E-state index contributed by atoms with van der Waals surface area (Å²) < 4.78 is 3.30. The standard InChI is InChI=1S/C12H18N6O2/c1-4-10-11(18(19)20)12(16(3)15-10)14-9(2)8-17-7-5-6-13-17/h5-7,9,14H,4,8H2,1-3H3. The van der Waals surface area contributed by atoms with Gasteiger partial charge in [0.15, 0.2) is 0 Å². The van der Waals surface area contributed by atoms with E-state index in [4.69, 9.17) is 0 Å². The predicted molar refractivity (Wildman–Crippen MR) is 74.6 cm³/mol. The van der Waals surface area contributed by atoms with Gasteiger partial charge in [0, 0.05) is 25.5 Å². The number of nitrogens with zero attached hydrogens (tertiary/aromatic N) is 5. The molecule has 1 N–H and O–H groups in total. The Kier molecular flexibility index (Phi) is 4.02. The van der Waals surface area contributed by atoms with Crippen molar-refractivity contribution in [2.75, 3.05) is 5.32 Å². The van der Waals surface area contributed by atoms with Crippen molar-refractivity contribution in [2.45, 2.75) is 32.9 Å². The summed E-state index contributed by atoms with van der Waals surface area (Å²) >= 11 is 0. The van der Waals surface area contributed by atoms with Crippen LogP contribution in [-0.4, -0.2) is 30.5 Å². The Morgan fingerprint density at radius 2 is 2.30 bits per heavy atom. The predicted octanol–water partition coefficient (Wildman–Crippen LogP) is 1.59. The molecule has 8 nitrogen and oxygen atoms in total. The molecule has 2 rings (SSSR count). The zero-order chi connectivity index (χ0) is 14.7. The van der Waals surface area contributed by atoms with Crippen LogP contribution >= 0.6 is 0 Å². The smallest absolute Gasteiger partial charge is 0.333 e. The molecule has 0 radical (unpaired) electrons. The van der Waals surface area contributed by atoms with Crippen molar-refractivity contribution >= 4 is 11.5 Å². The number of hydrogen-bond donors (Lipinski definition) is 1. The number of hydrogen-bond acceptors (Lipinski definition) is 5. The van der Waals surface area contributed by atoms with Gasteiger partial charge in [-0.15, -0.1) is 0 Å². The molecule has 0 spiro atoms. The van der Waals surface area contributed by atoms with Crippen LogP contribution in [0.3, 0.4) is 0 Å². The van der Waals surface area contributed by atoms with Crippen LogP contribution in [-0.2, 0) is 20.0 Å². The molecule has 8 heteroatoms. The molecule has 2 heterocycles. The lowest BCUT2D eigenvalue weighted by Gasteiger charge is -2.14. The van der Waals surface area contributed by atoms with Gasteiger partial charge in [-0.05, 0) is 19.4 Å². The van der Waals surface area contributed by atoms with Gasteiger partial charge < -0.3 is 5.32 Å². The molecule has 1 atom stereocenters. The van der Waals surface area contributed by atoms with E-state index in [2.05, 4.69) is 15.5 Å². The third-order valence-electron chi connectivity index (χ3n) is 3.01. The highest BCUT2D eigenvalue weighted by Gasteiger charge is 2.26. The lowest BCUT2D eigenvalue weighted by Crippen LogP contribution is -2.24. The maximum Gasteiger partial charge on any atom is 0.333 e. The van der Waals surface area contributed by atoms with Crippen LogP contribution in [0.25, 0.3) is 0 Å². The molecule has 0 saturated carbocycles. The van der Waals surface area contributed by atoms with Gasteiger partial charge in [0.1, 0.15) is 5.69 Å². The Morgan fingerprint density at radius 1 is 1.55 bits per heavy atom. The second-order valence-corrected chi connectivity index (χ2v) is 4.65. The van der Waals surface area contributed by atoms with Gasteiger partial charge in [-0.1, -0.05) is 6.92 Å². The molecule has 0 aliphatic rings. The average Bonchev–Trinajstić information content (AvgIpc) is 2.98. The van der Waals surface area contributed by atoms with E-state index in [1.807, 2.05) is 26.1 Å². The topological polar surface area (TPSA) is 90.8 Å². The quantitative estimate of drug-likeness (QED) is 0.640. The molecule has 0 bridgehead atoms. The van der Waals surface area contributed by atoms with E-state index in [0.29, 0.717) is 24.5 Å². The first-order valence-electron chi connectivity index (χ1n) is 6.47. The molecule has 0 aromatic carbocycles. The number of aromatic nitrogens is 4. The molecule has 1 unspecified atom stereocenters. The van der Waals surface area contributed by atoms with Crippen molar-refractivity contribution in [2.24, 2.45) is 7.05 Å². The van der Waals surface area contributed by atoms with Crippen molar-refractivity contribution < 1.29 is 4.92 Å². The third kappa shape index (κ3) is 2.79. The first-order chi connectivity index (χ1) is 9.52. The van der Waals surface area contributed by atoms with Crippen molar-refractivity contribution in [1.82, 2.24) is 19.6 Å². The van der Waals surface area contributed by atoms with Crippen LogP contribution in [0.4, 0.5) is 11.5 Å². The minimum Gasteiger partial charge on any atom is -0.360 e. The van der Waals surface area contributed by atoms with Gasteiger partial charge >= 0.3 is 5.69 Å². The van der Waals surface area contributed by atoms with Crippen LogP contribution in [0.1, 0.15) is 19.5 Å². The number of nitro groups is 1. The Hall–Kier alpha value is -2.38. The average molecular weight is 278 g/mol. The van der Waals surface area contributed by atoms with E-state index in [0.717, 1.165) is 0 Å². The fraction of sp³-hybridized carbons (Fsp3) is 0.500. The Balaban J connectivity index is 2.20. The molecule has 0 aliphatic carbocycles. The van der Waals surface area contributed by atoms with Crippen LogP contribution in [0, 0.1) is 10.1 Å². The zero-order valence-electron chi connectivity index (χ0n) is 11.8. The van der Waals surface area contributed by atoms with E-state index < -0.39 is 0 Å². The number of aryl methyl sites for hydroxylation is 2. The van der Waals surface area contributed by atoms with E-state index in [1.165, 1.54) is 4.68 Å². The number of nitrogens with one attached hydrogen (secondary N) is 1. The van der Waals surface area contributed by atoms with Gasteiger partial charge in [0.2, 0.25) is 5.82 Å². The van der Waals surface area contributed by atoms with E-state index in [9.17, 15) is 10.1 Å². The second kappa shape index (κ2) is 5.72. The molecule has 108 valence electrons. The molecule has 0 saturated heterocycles. The highest BCUT2D eigenvalue weighted by atomic mass is 16.6. The first-order valence-corrected chi connectivity index (χ1v) is 6.47. The fourth-order valence-electron chi connectivity index (χ4n) is 2.13. The molecular formula is C12H18N6O2. The van der Waals surface area contributed by atoms with Crippen LogP contribution in [0.5, 0.6) is 0 Å². The summed E-state index contributed by atoms with van der Waals surface area (Å²) in [5.41, 5.74) is 0.550. The fourth-order valence-corrected chi connectivity index (χ4v) is 2.13. The minimum atomic E-state index is -0.380. The SMILES string of the molecule is CCc1nn(C)c(NC(C)Cn2cccn2)c1[N+](=O)[O-]. The largest absolute Gasteiger partial charge is 0.360 e. The summed E-state index contributed by atoms with van der Waals surface area (Å²) in [6, 6.07) is 1.84. The Bertz CT molecular complexity index is 589. The van der Waals surface area contributed by atoms with Gasteiger partial charge in [-0.25, -0.2) is 4.68 Å². The maximum atomic E-state index is 11.2. The normalized spacial score (nSPS) is 12.3. The highest BCUT2D eigenvalue weighted by Crippen LogP contribution is 2.28. The lowest BCUT2D eigenvalue weighted by molar-refractivity contribution is -0.384. The zero-order valence-corrected chi connectivity index (χ0v) is 11.8. The van der Waals surface area contributed by atoms with E-state index >= 15 is 0 Å². The van der Waals surface area contributed by atoms with Gasteiger partial charge in [-0.2, -0.15) is 10.2 Å². The summed E-state index contributed by atoms with van der Waals surface area (Å²) in [4.78, 5) is 10.8. The monoisotopic (exact) mass is 278 g/mol. The summed E-state index contributed by atoms with van der Waals surface area (Å²) in [5.74, 6) is 0.437. The summed E-state index contributed by atoms with van der Waals surface area (Å²) in [6.07, 6.45) is 4.08. The minimum absolute atomic E-state index is 0.00583. The van der Waals surface area contributed by atoms with Crippen molar-refractivity contribution in [3.63, 3.8) is 0 Å². The molecular weight excluding hydrogens is 260 g/mol. The number of anilines is 1. The van der Waals surface area contributed by atoms with Crippen LogP contribution < -0.4 is 5.32 Å². The third-order valence-corrected chi connectivity index (χ3v) is 3.01. The Labute approximate surface area is 116 Å². The highest BCUT2D eigenvalue weighted by molar-refractivity contribution is 5.60. The molecule has 2 aromatic heterocycles. The van der Waals surface area contributed by atoms with Gasteiger partial charge in [-0.3, -0.25) is 14.8 Å². The van der Waals surface area contributed by atoms with Crippen molar-refractivity contribution in [1.29, 1.82) is 0 Å². The molecule has 2 aromatic rings. The lowest BCUT2D eigenvalue weighted by atomic mass is 10.2. The van der Waals surface area contributed by atoms with Gasteiger partial charge in [0.05, 0.1) is 11.5 Å². The Morgan fingerprint density at radius 3 is 2.85 bits per heavy atom. The molecule has 0 amide bonds. The summed E-state index contributed by atoms with van der Waals surface area (Å²) in [5, 5.41) is 22.7. The molecule has 20 heavy (non-hydrogen) atoms. The van der Waals surface area contributed by atoms with E-state index in [-0.39, 0.29) is 16.7 Å². The molecule has 0 fully saturated rings. The summed E-state index contributed by atoms with van der Waals surface area (Å²) in [7, 11) is 1.70. The molecule has 0 aliphatic heterocycles. The van der Waals surface area contributed by atoms with Crippen LogP contribution in [0.2, 0.25) is 0 Å². The van der Waals surface area contributed by atoms with Crippen molar-refractivity contribution in [3.05, 3.63) is 34.3 Å². The van der Waals surface area contributed by atoms with E-state index in [1.54, 1.807) is 17.9 Å². The maximum absolute atomic E-state index is 11.2.